The zero-order valence-corrected chi connectivity index (χ0v) is 12.7. The molecule has 0 saturated heterocycles. The summed E-state index contributed by atoms with van der Waals surface area (Å²) in [5, 5.41) is 9.82. The van der Waals surface area contributed by atoms with Crippen molar-refractivity contribution < 1.29 is 9.13 Å². The van der Waals surface area contributed by atoms with Gasteiger partial charge >= 0.3 is 0 Å². The number of aromatic nitrogens is 2. The molecule has 0 aliphatic heterocycles. The highest BCUT2D eigenvalue weighted by Crippen LogP contribution is 2.34. The first kappa shape index (κ1) is 13.8. The van der Waals surface area contributed by atoms with E-state index in [4.69, 9.17) is 10.5 Å². The van der Waals surface area contributed by atoms with Crippen molar-refractivity contribution in [1.82, 2.24) is 10.2 Å². The van der Waals surface area contributed by atoms with Crippen molar-refractivity contribution in [2.45, 2.75) is 6.92 Å². The molecular weight excluding hydrogens is 337 g/mol. The molecule has 0 fully saturated rings. The number of nitrogens with zero attached hydrogens (tertiary/aromatic N) is 2. The Balaban J connectivity index is 2.11. The van der Waals surface area contributed by atoms with E-state index in [9.17, 15) is 4.39 Å². The Labute approximate surface area is 128 Å². The first-order valence-corrected chi connectivity index (χ1v) is 7.00. The predicted octanol–water partition coefficient (Wildman–Crippen LogP) is 4.21. The van der Waals surface area contributed by atoms with Crippen LogP contribution in [0.25, 0.3) is 10.8 Å². The van der Waals surface area contributed by atoms with Gasteiger partial charge in [0.2, 0.25) is 5.88 Å². The van der Waals surface area contributed by atoms with Crippen molar-refractivity contribution >= 4 is 32.4 Å². The second-order valence-electron chi connectivity index (χ2n) is 4.54. The van der Waals surface area contributed by atoms with Gasteiger partial charge in [-0.3, -0.25) is 0 Å². The molecule has 0 radical (unpaired) electrons. The third-order valence-corrected chi connectivity index (χ3v) is 3.71. The van der Waals surface area contributed by atoms with E-state index >= 15 is 0 Å². The van der Waals surface area contributed by atoms with Crippen LogP contribution >= 0.6 is 15.9 Å². The van der Waals surface area contributed by atoms with Crippen molar-refractivity contribution in [2.24, 2.45) is 0 Å². The van der Waals surface area contributed by atoms with Gasteiger partial charge in [-0.2, -0.15) is 5.10 Å². The SMILES string of the molecule is Cc1nnc(Oc2cc(F)c(Br)cc2N)c2ccccc12. The summed E-state index contributed by atoms with van der Waals surface area (Å²) in [6.45, 7) is 1.87. The van der Waals surface area contributed by atoms with Crippen LogP contribution in [0, 0.1) is 12.7 Å². The van der Waals surface area contributed by atoms with E-state index in [0.717, 1.165) is 16.5 Å². The molecule has 0 saturated carbocycles. The highest BCUT2D eigenvalue weighted by Gasteiger charge is 2.12. The summed E-state index contributed by atoms with van der Waals surface area (Å²) in [4.78, 5) is 0. The van der Waals surface area contributed by atoms with Crippen molar-refractivity contribution in [3.63, 3.8) is 0 Å². The van der Waals surface area contributed by atoms with Crippen molar-refractivity contribution in [1.29, 1.82) is 0 Å². The van der Waals surface area contributed by atoms with Gasteiger partial charge in [-0.15, -0.1) is 5.10 Å². The number of anilines is 1. The quantitative estimate of drug-likeness (QED) is 0.705. The molecule has 106 valence electrons. The number of fused-ring (bicyclic) bond motifs is 1. The third-order valence-electron chi connectivity index (χ3n) is 3.10. The van der Waals surface area contributed by atoms with Crippen molar-refractivity contribution in [2.75, 3.05) is 5.73 Å². The standard InChI is InChI=1S/C15H11BrFN3O/c1-8-9-4-2-3-5-10(9)15(20-19-8)21-14-7-12(17)11(16)6-13(14)18/h2-7H,18H2,1H3. The lowest BCUT2D eigenvalue weighted by molar-refractivity contribution is 0.458. The second-order valence-corrected chi connectivity index (χ2v) is 5.40. The van der Waals surface area contributed by atoms with Gasteiger partial charge in [-0.05, 0) is 35.0 Å². The molecule has 3 aromatic rings. The van der Waals surface area contributed by atoms with Gasteiger partial charge in [-0.1, -0.05) is 18.2 Å². The third kappa shape index (κ3) is 2.54. The first-order valence-electron chi connectivity index (χ1n) is 6.20. The molecule has 0 spiro atoms. The number of benzene rings is 2. The fourth-order valence-electron chi connectivity index (χ4n) is 2.03. The van der Waals surface area contributed by atoms with Crippen molar-refractivity contribution in [3.05, 3.63) is 52.4 Å². The average Bonchev–Trinajstić information content (AvgIpc) is 2.48. The molecule has 3 rings (SSSR count). The summed E-state index contributed by atoms with van der Waals surface area (Å²) in [6, 6.07) is 10.3. The Kier molecular flexibility index (Phi) is 3.47. The van der Waals surface area contributed by atoms with Crippen LogP contribution in [-0.2, 0) is 0 Å². The Morgan fingerprint density at radius 3 is 2.62 bits per heavy atom. The topological polar surface area (TPSA) is 61.0 Å². The molecule has 0 atom stereocenters. The Bertz CT molecular complexity index is 839. The summed E-state index contributed by atoms with van der Waals surface area (Å²) < 4.78 is 19.6. The largest absolute Gasteiger partial charge is 0.435 e. The molecule has 0 aliphatic rings. The molecule has 2 N–H and O–H groups in total. The minimum absolute atomic E-state index is 0.207. The van der Waals surface area contributed by atoms with Gasteiger partial charge in [0.05, 0.1) is 15.9 Å². The van der Waals surface area contributed by atoms with Crippen LogP contribution in [0.1, 0.15) is 5.69 Å². The van der Waals surface area contributed by atoms with E-state index in [-0.39, 0.29) is 10.2 Å². The van der Waals surface area contributed by atoms with Crippen LogP contribution in [0.3, 0.4) is 0 Å². The molecule has 6 heteroatoms. The number of rotatable bonds is 2. The van der Waals surface area contributed by atoms with E-state index in [1.807, 2.05) is 31.2 Å². The molecule has 1 aromatic heterocycles. The minimum atomic E-state index is -0.455. The lowest BCUT2D eigenvalue weighted by atomic mass is 10.1. The van der Waals surface area contributed by atoms with Crippen LogP contribution < -0.4 is 10.5 Å². The number of hydrogen-bond acceptors (Lipinski definition) is 4. The molecule has 0 amide bonds. The molecule has 4 nitrogen and oxygen atoms in total. The zero-order valence-electron chi connectivity index (χ0n) is 11.1. The van der Waals surface area contributed by atoms with E-state index in [1.165, 1.54) is 12.1 Å². The minimum Gasteiger partial charge on any atom is -0.435 e. The number of ether oxygens (including phenoxy) is 1. The summed E-state index contributed by atoms with van der Waals surface area (Å²) in [7, 11) is 0. The predicted molar refractivity (Wildman–Crippen MR) is 82.9 cm³/mol. The number of aryl methyl sites for hydroxylation is 1. The average molecular weight is 348 g/mol. The van der Waals surface area contributed by atoms with Crippen molar-refractivity contribution in [3.8, 4) is 11.6 Å². The Morgan fingerprint density at radius 1 is 1.14 bits per heavy atom. The van der Waals surface area contributed by atoms with Gasteiger partial charge in [0, 0.05) is 16.8 Å². The lowest BCUT2D eigenvalue weighted by Gasteiger charge is -2.11. The highest BCUT2D eigenvalue weighted by atomic mass is 79.9. The Morgan fingerprint density at radius 2 is 1.86 bits per heavy atom. The smallest absolute Gasteiger partial charge is 0.246 e. The second kappa shape index (κ2) is 5.29. The number of hydrogen-bond donors (Lipinski definition) is 1. The number of nitrogens with two attached hydrogens (primary N) is 1. The van der Waals surface area contributed by atoms with E-state index in [2.05, 4.69) is 26.1 Å². The highest BCUT2D eigenvalue weighted by molar-refractivity contribution is 9.10. The number of halogens is 2. The maximum Gasteiger partial charge on any atom is 0.246 e. The van der Waals surface area contributed by atoms with E-state index in [1.54, 1.807) is 0 Å². The van der Waals surface area contributed by atoms with Gasteiger partial charge in [0.25, 0.3) is 0 Å². The van der Waals surface area contributed by atoms with E-state index < -0.39 is 5.82 Å². The summed E-state index contributed by atoms with van der Waals surface area (Å²) in [5.41, 5.74) is 6.96. The van der Waals surface area contributed by atoms with Gasteiger partial charge < -0.3 is 10.5 Å². The van der Waals surface area contributed by atoms with Crippen LogP contribution in [0.4, 0.5) is 10.1 Å². The van der Waals surface area contributed by atoms with Crippen LogP contribution in [0.5, 0.6) is 11.6 Å². The lowest BCUT2D eigenvalue weighted by Crippen LogP contribution is -1.98. The molecule has 0 unspecified atom stereocenters. The summed E-state index contributed by atoms with van der Waals surface area (Å²) >= 11 is 3.08. The molecule has 0 bridgehead atoms. The van der Waals surface area contributed by atoms with Gasteiger partial charge in [-0.25, -0.2) is 4.39 Å². The van der Waals surface area contributed by atoms with Crippen LogP contribution in [0.15, 0.2) is 40.9 Å². The molecule has 1 heterocycles. The molecular formula is C15H11BrFN3O. The molecule has 2 aromatic carbocycles. The first-order chi connectivity index (χ1) is 10.1. The van der Waals surface area contributed by atoms with Gasteiger partial charge in [0.15, 0.2) is 5.75 Å². The maximum atomic E-state index is 13.6. The summed E-state index contributed by atoms with van der Waals surface area (Å²) in [5.74, 6) is 0.0483. The van der Waals surface area contributed by atoms with E-state index in [0.29, 0.717) is 11.6 Å². The normalized spacial score (nSPS) is 10.8. The Hall–Kier alpha value is -2.21. The van der Waals surface area contributed by atoms with Crippen LogP contribution in [-0.4, -0.2) is 10.2 Å². The summed E-state index contributed by atoms with van der Waals surface area (Å²) in [6.07, 6.45) is 0. The fraction of sp³-hybridized carbons (Fsp3) is 0.0667. The maximum absolute atomic E-state index is 13.6. The zero-order chi connectivity index (χ0) is 15.0. The van der Waals surface area contributed by atoms with Crippen LogP contribution in [0.2, 0.25) is 0 Å². The molecule has 0 aliphatic carbocycles. The fourth-order valence-corrected chi connectivity index (χ4v) is 2.39. The number of nitrogen functional groups attached to an aromatic ring is 1. The molecule has 21 heavy (non-hydrogen) atoms. The van der Waals surface area contributed by atoms with Gasteiger partial charge in [0.1, 0.15) is 5.82 Å². The monoisotopic (exact) mass is 347 g/mol.